The number of halogens is 1. The molecule has 1 unspecified atom stereocenters. The molecule has 0 aliphatic carbocycles. The minimum atomic E-state index is 0.545. The minimum Gasteiger partial charge on any atom is -0.419 e. The molecule has 2 aromatic rings. The van der Waals surface area contributed by atoms with Gasteiger partial charge >= 0.3 is 0 Å². The number of hydrogen-bond acceptors (Lipinski definition) is 5. The normalized spacial score (nSPS) is 18.2. The van der Waals surface area contributed by atoms with Crippen molar-refractivity contribution in [2.45, 2.75) is 19.4 Å². The zero-order valence-electron chi connectivity index (χ0n) is 11.7. The number of ether oxygens (including phenoxy) is 1. The van der Waals surface area contributed by atoms with Gasteiger partial charge in [-0.25, -0.2) is 0 Å². The highest BCUT2D eigenvalue weighted by atomic mass is 79.9. The Labute approximate surface area is 132 Å². The zero-order valence-corrected chi connectivity index (χ0v) is 13.3. The summed E-state index contributed by atoms with van der Waals surface area (Å²) in [6.45, 7) is 3.35. The molecule has 0 saturated carbocycles. The molecule has 6 heteroatoms. The maximum Gasteiger partial charge on any atom is 0.248 e. The van der Waals surface area contributed by atoms with E-state index in [-0.39, 0.29) is 0 Å². The van der Waals surface area contributed by atoms with Gasteiger partial charge in [-0.2, -0.15) is 0 Å². The van der Waals surface area contributed by atoms with Gasteiger partial charge in [0.25, 0.3) is 0 Å². The summed E-state index contributed by atoms with van der Waals surface area (Å²) in [6.07, 6.45) is 2.31. The molecule has 1 fully saturated rings. The van der Waals surface area contributed by atoms with Crippen molar-refractivity contribution in [1.29, 1.82) is 0 Å². The molecule has 1 saturated heterocycles. The summed E-state index contributed by atoms with van der Waals surface area (Å²) in [5.41, 5.74) is 0.916. The van der Waals surface area contributed by atoms with Crippen LogP contribution in [0.5, 0.6) is 0 Å². The summed E-state index contributed by atoms with van der Waals surface area (Å²) >= 11 is 3.49. The molecule has 1 atom stereocenters. The lowest BCUT2D eigenvalue weighted by Gasteiger charge is -2.06. The third kappa shape index (κ3) is 3.90. The molecule has 5 nitrogen and oxygen atoms in total. The fraction of sp³-hybridized carbons (Fsp3) is 0.467. The van der Waals surface area contributed by atoms with E-state index in [1.165, 1.54) is 6.42 Å². The van der Waals surface area contributed by atoms with E-state index in [9.17, 15) is 0 Å². The van der Waals surface area contributed by atoms with Crippen molar-refractivity contribution in [3.05, 3.63) is 34.6 Å². The molecule has 3 rings (SSSR count). The highest BCUT2D eigenvalue weighted by molar-refractivity contribution is 9.10. The van der Waals surface area contributed by atoms with Gasteiger partial charge in [-0.3, -0.25) is 0 Å². The second-order valence-electron chi connectivity index (χ2n) is 5.18. The smallest absolute Gasteiger partial charge is 0.248 e. The fourth-order valence-electron chi connectivity index (χ4n) is 2.38. The summed E-state index contributed by atoms with van der Waals surface area (Å²) in [4.78, 5) is 0. The Morgan fingerprint density at radius 2 is 2.19 bits per heavy atom. The first-order valence-electron chi connectivity index (χ1n) is 7.18. The number of aromatic nitrogens is 2. The Morgan fingerprint density at radius 1 is 1.29 bits per heavy atom. The molecule has 112 valence electrons. The summed E-state index contributed by atoms with van der Waals surface area (Å²) < 4.78 is 12.0. The van der Waals surface area contributed by atoms with E-state index in [0.717, 1.165) is 36.2 Å². The SMILES string of the molecule is Brc1ccccc1-c1nnc(CNCCC2CCOC2)o1. The molecule has 0 spiro atoms. The number of nitrogens with one attached hydrogen (secondary N) is 1. The first-order chi connectivity index (χ1) is 10.3. The average Bonchev–Trinajstić information content (AvgIpc) is 3.16. The molecule has 21 heavy (non-hydrogen) atoms. The zero-order chi connectivity index (χ0) is 14.5. The van der Waals surface area contributed by atoms with Gasteiger partial charge in [0.2, 0.25) is 11.8 Å². The second kappa shape index (κ2) is 7.15. The third-order valence-electron chi connectivity index (χ3n) is 3.60. The number of nitrogens with zero attached hydrogens (tertiary/aromatic N) is 2. The van der Waals surface area contributed by atoms with Crippen LogP contribution in [0.4, 0.5) is 0 Å². The largest absolute Gasteiger partial charge is 0.419 e. The lowest BCUT2D eigenvalue weighted by molar-refractivity contribution is 0.184. The predicted octanol–water partition coefficient (Wildman–Crippen LogP) is 3.02. The molecule has 0 bridgehead atoms. The Morgan fingerprint density at radius 3 is 3.00 bits per heavy atom. The molecule has 1 aromatic heterocycles. The average molecular weight is 352 g/mol. The van der Waals surface area contributed by atoms with E-state index in [4.69, 9.17) is 9.15 Å². The molecule has 0 radical (unpaired) electrons. The molecule has 0 amide bonds. The predicted molar refractivity (Wildman–Crippen MR) is 82.7 cm³/mol. The number of hydrogen-bond donors (Lipinski definition) is 1. The fourth-order valence-corrected chi connectivity index (χ4v) is 2.84. The molecular weight excluding hydrogens is 334 g/mol. The quantitative estimate of drug-likeness (QED) is 0.810. The lowest BCUT2D eigenvalue weighted by atomic mass is 10.1. The first kappa shape index (κ1) is 14.7. The van der Waals surface area contributed by atoms with Crippen molar-refractivity contribution in [1.82, 2.24) is 15.5 Å². The van der Waals surface area contributed by atoms with Crippen LogP contribution in [0.3, 0.4) is 0 Å². The highest BCUT2D eigenvalue weighted by Gasteiger charge is 2.15. The van der Waals surface area contributed by atoms with Gasteiger partial charge in [0.05, 0.1) is 12.1 Å². The third-order valence-corrected chi connectivity index (χ3v) is 4.29. The van der Waals surface area contributed by atoms with Crippen LogP contribution in [0.25, 0.3) is 11.5 Å². The van der Waals surface area contributed by atoms with E-state index < -0.39 is 0 Å². The van der Waals surface area contributed by atoms with Crippen molar-refractivity contribution in [3.8, 4) is 11.5 Å². The minimum absolute atomic E-state index is 0.545. The summed E-state index contributed by atoms with van der Waals surface area (Å²) in [5, 5.41) is 11.5. The first-order valence-corrected chi connectivity index (χ1v) is 7.98. The van der Waals surface area contributed by atoms with Gasteiger partial charge in [-0.05, 0) is 53.4 Å². The maximum absolute atomic E-state index is 5.68. The second-order valence-corrected chi connectivity index (χ2v) is 6.03. The lowest BCUT2D eigenvalue weighted by Crippen LogP contribution is -2.18. The molecule has 1 N–H and O–H groups in total. The standard InChI is InChI=1S/C15H18BrN3O2/c16-13-4-2-1-3-12(13)15-19-18-14(21-15)9-17-7-5-11-6-8-20-10-11/h1-4,11,17H,5-10H2. The van der Waals surface area contributed by atoms with Crippen LogP contribution < -0.4 is 5.32 Å². The Hall–Kier alpha value is -1.24. The maximum atomic E-state index is 5.68. The van der Waals surface area contributed by atoms with E-state index in [1.807, 2.05) is 24.3 Å². The van der Waals surface area contributed by atoms with Crippen LogP contribution in [0.15, 0.2) is 33.2 Å². The van der Waals surface area contributed by atoms with Crippen LogP contribution in [-0.2, 0) is 11.3 Å². The van der Waals surface area contributed by atoms with Gasteiger partial charge < -0.3 is 14.5 Å². The molecular formula is C15H18BrN3O2. The van der Waals surface area contributed by atoms with E-state index in [1.54, 1.807) is 0 Å². The van der Waals surface area contributed by atoms with Crippen molar-refractivity contribution >= 4 is 15.9 Å². The van der Waals surface area contributed by atoms with Crippen LogP contribution in [0.1, 0.15) is 18.7 Å². The monoisotopic (exact) mass is 351 g/mol. The number of benzene rings is 1. The van der Waals surface area contributed by atoms with Crippen LogP contribution in [0.2, 0.25) is 0 Å². The Kier molecular flexibility index (Phi) is 5.00. The van der Waals surface area contributed by atoms with E-state index in [2.05, 4.69) is 31.4 Å². The van der Waals surface area contributed by atoms with Gasteiger partial charge in [0.1, 0.15) is 0 Å². The Balaban J connectivity index is 1.50. The van der Waals surface area contributed by atoms with Crippen molar-refractivity contribution in [2.75, 3.05) is 19.8 Å². The van der Waals surface area contributed by atoms with Gasteiger partial charge in [0.15, 0.2) is 0 Å². The highest BCUT2D eigenvalue weighted by Crippen LogP contribution is 2.26. The van der Waals surface area contributed by atoms with Gasteiger partial charge in [0, 0.05) is 17.7 Å². The van der Waals surface area contributed by atoms with E-state index in [0.29, 0.717) is 24.2 Å². The summed E-state index contributed by atoms with van der Waals surface area (Å²) in [7, 11) is 0. The molecule has 1 aliphatic heterocycles. The van der Waals surface area contributed by atoms with E-state index >= 15 is 0 Å². The summed E-state index contributed by atoms with van der Waals surface area (Å²) in [5.74, 6) is 1.85. The van der Waals surface area contributed by atoms with Crippen molar-refractivity contribution in [2.24, 2.45) is 5.92 Å². The van der Waals surface area contributed by atoms with Crippen molar-refractivity contribution < 1.29 is 9.15 Å². The molecule has 2 heterocycles. The van der Waals surface area contributed by atoms with Crippen LogP contribution in [-0.4, -0.2) is 30.0 Å². The Bertz CT molecular complexity index is 582. The molecule has 1 aliphatic rings. The van der Waals surface area contributed by atoms with Crippen LogP contribution >= 0.6 is 15.9 Å². The van der Waals surface area contributed by atoms with Gasteiger partial charge in [-0.15, -0.1) is 10.2 Å². The molecule has 1 aromatic carbocycles. The van der Waals surface area contributed by atoms with Crippen LogP contribution in [0, 0.1) is 5.92 Å². The number of rotatable bonds is 6. The summed E-state index contributed by atoms with van der Waals surface area (Å²) in [6, 6.07) is 7.82. The topological polar surface area (TPSA) is 60.2 Å². The van der Waals surface area contributed by atoms with Crippen molar-refractivity contribution in [3.63, 3.8) is 0 Å². The van der Waals surface area contributed by atoms with Gasteiger partial charge in [-0.1, -0.05) is 12.1 Å².